The molecule has 0 aliphatic heterocycles. The van der Waals surface area contributed by atoms with Gasteiger partial charge in [-0.25, -0.2) is 8.42 Å². The lowest BCUT2D eigenvalue weighted by atomic mass is 10.2. The molecule has 1 aromatic carbocycles. The van der Waals surface area contributed by atoms with E-state index in [1.54, 1.807) is 20.8 Å². The first-order chi connectivity index (χ1) is 11.3. The van der Waals surface area contributed by atoms with E-state index in [2.05, 4.69) is 10.6 Å². The van der Waals surface area contributed by atoms with Gasteiger partial charge < -0.3 is 10.6 Å². The summed E-state index contributed by atoms with van der Waals surface area (Å²) in [5.74, 6) is -0.871. The van der Waals surface area contributed by atoms with Crippen molar-refractivity contribution in [2.75, 3.05) is 26.2 Å². The zero-order valence-electron chi connectivity index (χ0n) is 13.9. The van der Waals surface area contributed by atoms with Crippen molar-refractivity contribution in [2.24, 2.45) is 0 Å². The monoisotopic (exact) mass is 375 g/mol. The smallest absolute Gasteiger partial charge is 0.251 e. The van der Waals surface area contributed by atoms with Gasteiger partial charge in [-0.05, 0) is 25.1 Å². The first-order valence-corrected chi connectivity index (χ1v) is 9.44. The number of hydrogen-bond acceptors (Lipinski definition) is 4. The zero-order chi connectivity index (χ0) is 18.3. The Labute approximate surface area is 147 Å². The van der Waals surface area contributed by atoms with Crippen LogP contribution in [0.4, 0.5) is 0 Å². The zero-order valence-corrected chi connectivity index (χ0v) is 15.5. The van der Waals surface area contributed by atoms with Gasteiger partial charge in [-0.3, -0.25) is 9.59 Å². The Morgan fingerprint density at radius 2 is 1.75 bits per heavy atom. The standard InChI is InChI=1S/C15H22ClN3O4S/c1-4-17-14(20)10-18-15(21)11-7-8-12(16)13(9-11)24(22,23)19(5-2)6-3/h7-9H,4-6,10H2,1-3H3,(H,17,20)(H,18,21). The number of carbonyl (C=O) groups is 2. The van der Waals surface area contributed by atoms with E-state index in [0.29, 0.717) is 19.6 Å². The Morgan fingerprint density at radius 1 is 1.12 bits per heavy atom. The molecule has 1 aromatic rings. The van der Waals surface area contributed by atoms with E-state index in [4.69, 9.17) is 11.6 Å². The maximum Gasteiger partial charge on any atom is 0.251 e. The molecular weight excluding hydrogens is 354 g/mol. The van der Waals surface area contributed by atoms with E-state index in [9.17, 15) is 18.0 Å². The first-order valence-electron chi connectivity index (χ1n) is 7.62. The molecule has 0 unspecified atom stereocenters. The van der Waals surface area contributed by atoms with Crippen molar-refractivity contribution in [1.82, 2.24) is 14.9 Å². The highest BCUT2D eigenvalue weighted by Gasteiger charge is 2.25. The van der Waals surface area contributed by atoms with Crippen LogP contribution in [0.5, 0.6) is 0 Å². The summed E-state index contributed by atoms with van der Waals surface area (Å²) in [6.07, 6.45) is 0. The highest BCUT2D eigenvalue weighted by Crippen LogP contribution is 2.25. The third-order valence-corrected chi connectivity index (χ3v) is 5.83. The van der Waals surface area contributed by atoms with Gasteiger partial charge in [0, 0.05) is 25.2 Å². The second-order valence-electron chi connectivity index (χ2n) is 4.87. The molecule has 0 saturated heterocycles. The Kier molecular flexibility index (Phi) is 7.65. The van der Waals surface area contributed by atoms with Crippen LogP contribution >= 0.6 is 11.6 Å². The molecule has 0 aliphatic rings. The number of hydrogen-bond donors (Lipinski definition) is 2. The number of halogens is 1. The molecule has 0 spiro atoms. The molecule has 0 heterocycles. The maximum atomic E-state index is 12.6. The Balaban J connectivity index is 3.05. The van der Waals surface area contributed by atoms with E-state index in [-0.39, 0.29) is 27.9 Å². The molecule has 134 valence electrons. The van der Waals surface area contributed by atoms with Crippen molar-refractivity contribution in [3.05, 3.63) is 28.8 Å². The Bertz CT molecular complexity index is 703. The predicted molar refractivity (Wildman–Crippen MR) is 92.6 cm³/mol. The lowest BCUT2D eigenvalue weighted by molar-refractivity contribution is -0.120. The van der Waals surface area contributed by atoms with Gasteiger partial charge in [-0.1, -0.05) is 25.4 Å². The first kappa shape index (κ1) is 20.4. The summed E-state index contributed by atoms with van der Waals surface area (Å²) in [6.45, 7) is 6.07. The molecule has 0 fully saturated rings. The van der Waals surface area contributed by atoms with Crippen LogP contribution in [0, 0.1) is 0 Å². The summed E-state index contributed by atoms with van der Waals surface area (Å²) in [5.41, 5.74) is 0.120. The second kappa shape index (κ2) is 9.00. The van der Waals surface area contributed by atoms with Gasteiger partial charge in [0.2, 0.25) is 15.9 Å². The number of nitrogens with zero attached hydrogens (tertiary/aromatic N) is 1. The van der Waals surface area contributed by atoms with Gasteiger partial charge in [-0.15, -0.1) is 0 Å². The summed E-state index contributed by atoms with van der Waals surface area (Å²) < 4.78 is 26.4. The second-order valence-corrected chi connectivity index (χ2v) is 7.18. The van der Waals surface area contributed by atoms with Crippen molar-refractivity contribution in [2.45, 2.75) is 25.7 Å². The van der Waals surface area contributed by atoms with E-state index >= 15 is 0 Å². The lowest BCUT2D eigenvalue weighted by Gasteiger charge is -2.19. The summed E-state index contributed by atoms with van der Waals surface area (Å²) in [5, 5.41) is 5.03. The summed E-state index contributed by atoms with van der Waals surface area (Å²) in [4.78, 5) is 23.4. The number of carbonyl (C=O) groups excluding carboxylic acids is 2. The normalized spacial score (nSPS) is 11.4. The molecule has 7 nitrogen and oxygen atoms in total. The molecule has 0 aromatic heterocycles. The minimum atomic E-state index is -3.79. The van der Waals surface area contributed by atoms with E-state index in [0.717, 1.165) is 0 Å². The highest BCUT2D eigenvalue weighted by molar-refractivity contribution is 7.89. The molecule has 0 aliphatic carbocycles. The number of benzene rings is 1. The largest absolute Gasteiger partial charge is 0.355 e. The lowest BCUT2D eigenvalue weighted by Crippen LogP contribution is -2.37. The fraction of sp³-hybridized carbons (Fsp3) is 0.467. The summed E-state index contributed by atoms with van der Waals surface area (Å²) in [6, 6.07) is 4.00. The molecular formula is C15H22ClN3O4S. The number of amides is 2. The molecule has 0 radical (unpaired) electrons. The van der Waals surface area contributed by atoms with E-state index in [1.807, 2.05) is 0 Å². The molecule has 9 heteroatoms. The van der Waals surface area contributed by atoms with Crippen LogP contribution in [0.1, 0.15) is 31.1 Å². The quantitative estimate of drug-likeness (QED) is 0.714. The van der Waals surface area contributed by atoms with Crippen molar-refractivity contribution in [1.29, 1.82) is 0 Å². The average Bonchev–Trinajstić information content (AvgIpc) is 2.54. The molecule has 1 rings (SSSR count). The Morgan fingerprint density at radius 3 is 2.29 bits per heavy atom. The fourth-order valence-corrected chi connectivity index (χ4v) is 4.03. The molecule has 0 atom stereocenters. The maximum absolute atomic E-state index is 12.6. The molecule has 24 heavy (non-hydrogen) atoms. The van der Waals surface area contributed by atoms with Crippen LogP contribution in [0.2, 0.25) is 5.02 Å². The molecule has 2 amide bonds. The van der Waals surface area contributed by atoms with Gasteiger partial charge in [0.15, 0.2) is 0 Å². The van der Waals surface area contributed by atoms with Gasteiger partial charge in [0.1, 0.15) is 4.90 Å². The molecule has 0 bridgehead atoms. The van der Waals surface area contributed by atoms with Crippen molar-refractivity contribution >= 4 is 33.4 Å². The third kappa shape index (κ3) is 4.93. The minimum absolute atomic E-state index is 0.0437. The number of likely N-dealkylation sites (N-methyl/N-ethyl adjacent to an activating group) is 1. The van der Waals surface area contributed by atoms with Crippen LogP contribution in [-0.2, 0) is 14.8 Å². The topological polar surface area (TPSA) is 95.6 Å². The Hall–Kier alpha value is -1.64. The SMILES string of the molecule is CCNC(=O)CNC(=O)c1ccc(Cl)c(S(=O)(=O)N(CC)CC)c1. The van der Waals surface area contributed by atoms with Crippen LogP contribution in [0.25, 0.3) is 0 Å². The number of rotatable bonds is 8. The van der Waals surface area contributed by atoms with Crippen LogP contribution in [0.15, 0.2) is 23.1 Å². The predicted octanol–water partition coefficient (Wildman–Crippen LogP) is 1.24. The van der Waals surface area contributed by atoms with Crippen molar-refractivity contribution in [3.63, 3.8) is 0 Å². The highest BCUT2D eigenvalue weighted by atomic mass is 35.5. The van der Waals surface area contributed by atoms with Crippen LogP contribution in [0.3, 0.4) is 0 Å². The number of nitrogens with one attached hydrogen (secondary N) is 2. The van der Waals surface area contributed by atoms with Gasteiger partial charge in [0.05, 0.1) is 11.6 Å². The van der Waals surface area contributed by atoms with Crippen molar-refractivity contribution in [3.8, 4) is 0 Å². The fourth-order valence-electron chi connectivity index (χ4n) is 2.07. The van der Waals surface area contributed by atoms with Crippen LogP contribution < -0.4 is 10.6 Å². The molecule has 0 saturated carbocycles. The summed E-state index contributed by atoms with van der Waals surface area (Å²) >= 11 is 6.01. The van der Waals surface area contributed by atoms with E-state index in [1.165, 1.54) is 22.5 Å². The van der Waals surface area contributed by atoms with Crippen LogP contribution in [-0.4, -0.2) is 50.7 Å². The van der Waals surface area contributed by atoms with Gasteiger partial charge in [0.25, 0.3) is 5.91 Å². The number of sulfonamides is 1. The average molecular weight is 376 g/mol. The van der Waals surface area contributed by atoms with Gasteiger partial charge >= 0.3 is 0 Å². The third-order valence-electron chi connectivity index (χ3n) is 3.30. The van der Waals surface area contributed by atoms with Crippen molar-refractivity contribution < 1.29 is 18.0 Å². The molecule has 2 N–H and O–H groups in total. The van der Waals surface area contributed by atoms with Gasteiger partial charge in [-0.2, -0.15) is 4.31 Å². The summed E-state index contributed by atoms with van der Waals surface area (Å²) in [7, 11) is -3.79. The minimum Gasteiger partial charge on any atom is -0.355 e. The van der Waals surface area contributed by atoms with E-state index < -0.39 is 15.9 Å².